The zero-order chi connectivity index (χ0) is 28.7. The van der Waals surface area contributed by atoms with E-state index >= 15 is 0 Å². The van der Waals surface area contributed by atoms with Gasteiger partial charge in [0, 0.05) is 35.3 Å². The zero-order valence-electron chi connectivity index (χ0n) is 23.6. The number of benzene rings is 2. The van der Waals surface area contributed by atoms with Gasteiger partial charge in [-0.25, -0.2) is 4.98 Å². The highest BCUT2D eigenvalue weighted by atomic mass is 16.4. The third kappa shape index (κ3) is 5.02. The Kier molecular flexibility index (Phi) is 6.93. The third-order valence-electron chi connectivity index (χ3n) is 7.75. The van der Waals surface area contributed by atoms with E-state index < -0.39 is 0 Å². The predicted molar refractivity (Wildman–Crippen MR) is 157 cm³/mol. The van der Waals surface area contributed by atoms with Crippen molar-refractivity contribution in [3.63, 3.8) is 0 Å². The summed E-state index contributed by atoms with van der Waals surface area (Å²) in [5.74, 6) is 1.41. The van der Waals surface area contributed by atoms with Crippen LogP contribution in [0.2, 0.25) is 0 Å². The van der Waals surface area contributed by atoms with E-state index in [1.54, 1.807) is 17.3 Å². The van der Waals surface area contributed by atoms with E-state index in [1.165, 1.54) is 5.56 Å². The van der Waals surface area contributed by atoms with Crippen LogP contribution in [-0.2, 0) is 24.3 Å². The van der Waals surface area contributed by atoms with E-state index in [0.717, 1.165) is 62.2 Å². The van der Waals surface area contributed by atoms with Gasteiger partial charge in [-0.15, -0.1) is 0 Å². The first-order valence-corrected chi connectivity index (χ1v) is 13.6. The van der Waals surface area contributed by atoms with Crippen molar-refractivity contribution in [2.75, 3.05) is 20.6 Å². The third-order valence-corrected chi connectivity index (χ3v) is 7.75. The van der Waals surface area contributed by atoms with Crippen molar-refractivity contribution in [2.45, 2.75) is 33.4 Å². The Labute approximate surface area is 238 Å². The van der Waals surface area contributed by atoms with Crippen molar-refractivity contribution >= 4 is 23.1 Å². The van der Waals surface area contributed by atoms with Crippen LogP contribution in [0.3, 0.4) is 0 Å². The number of carbonyl (C=O) groups excluding carboxylic acids is 2. The summed E-state index contributed by atoms with van der Waals surface area (Å²) in [7, 11) is 3.77. The summed E-state index contributed by atoms with van der Waals surface area (Å²) in [5, 5.41) is 0.903. The second-order valence-electron chi connectivity index (χ2n) is 10.8. The van der Waals surface area contributed by atoms with Crippen LogP contribution in [0.4, 0.5) is 0 Å². The molecule has 1 amide bonds. The lowest BCUT2D eigenvalue weighted by molar-refractivity contribution is -0.132. The molecule has 1 aliphatic rings. The zero-order valence-corrected chi connectivity index (χ0v) is 23.6. The van der Waals surface area contributed by atoms with Crippen LogP contribution in [0.15, 0.2) is 65.3 Å². The average Bonchev–Trinajstić information content (AvgIpc) is 3.54. The highest BCUT2D eigenvalue weighted by Crippen LogP contribution is 2.36. The molecule has 5 aromatic rings. The second kappa shape index (κ2) is 10.7. The number of hydrogen-bond donors (Lipinski definition) is 0. The van der Waals surface area contributed by atoms with Crippen LogP contribution < -0.4 is 0 Å². The van der Waals surface area contributed by atoms with Gasteiger partial charge in [-0.1, -0.05) is 30.3 Å². The standard InChI is InChI=1S/C33H31N5O3/c1-20-23(14-28-32-24(11-12-34-28)13-22(19-39)15-35-32)7-5-8-25(20)26-9-6-10-27(21(26)2)33-36-29-16-38(17-30(29)41-33)31(40)18-37(3)4/h5-13,15,19H,14,16-18H2,1-4H3. The minimum absolute atomic E-state index is 0.0680. The average molecular weight is 546 g/mol. The molecular formula is C33H31N5O3. The highest BCUT2D eigenvalue weighted by molar-refractivity contribution is 5.87. The van der Waals surface area contributed by atoms with Crippen molar-refractivity contribution in [3.05, 3.63) is 100 Å². The topological polar surface area (TPSA) is 92.4 Å². The normalized spacial score (nSPS) is 12.8. The molecule has 0 saturated carbocycles. The number of hydrogen-bond acceptors (Lipinski definition) is 7. The van der Waals surface area contributed by atoms with Gasteiger partial charge >= 0.3 is 0 Å². The van der Waals surface area contributed by atoms with Gasteiger partial charge in [-0.05, 0) is 74.0 Å². The van der Waals surface area contributed by atoms with Crippen molar-refractivity contribution in [1.29, 1.82) is 0 Å². The first kappa shape index (κ1) is 26.5. The van der Waals surface area contributed by atoms with E-state index in [2.05, 4.69) is 48.1 Å². The molecule has 0 atom stereocenters. The molecular weight excluding hydrogens is 514 g/mol. The Hall–Kier alpha value is -4.69. The number of oxazole rings is 1. The molecule has 0 spiro atoms. The fourth-order valence-electron chi connectivity index (χ4n) is 5.54. The minimum Gasteiger partial charge on any atom is -0.439 e. The molecule has 0 saturated heterocycles. The fourth-order valence-corrected chi connectivity index (χ4v) is 5.54. The first-order valence-electron chi connectivity index (χ1n) is 13.6. The summed E-state index contributed by atoms with van der Waals surface area (Å²) in [6, 6.07) is 16.3. The molecule has 0 radical (unpaired) electrons. The van der Waals surface area contributed by atoms with Crippen LogP contribution in [0.25, 0.3) is 33.5 Å². The lowest BCUT2D eigenvalue weighted by Gasteiger charge is -2.18. The molecule has 0 N–H and O–H groups in total. The number of nitrogens with zero attached hydrogens (tertiary/aromatic N) is 5. The van der Waals surface area contributed by atoms with Crippen molar-refractivity contribution in [3.8, 4) is 22.6 Å². The van der Waals surface area contributed by atoms with Gasteiger partial charge in [0.15, 0.2) is 6.29 Å². The fraction of sp³-hybridized carbons (Fsp3) is 0.242. The molecule has 6 rings (SSSR count). The molecule has 2 aromatic carbocycles. The van der Waals surface area contributed by atoms with Crippen molar-refractivity contribution in [1.82, 2.24) is 24.8 Å². The van der Waals surface area contributed by atoms with Crippen molar-refractivity contribution < 1.29 is 14.0 Å². The summed E-state index contributed by atoms with van der Waals surface area (Å²) >= 11 is 0. The largest absolute Gasteiger partial charge is 0.439 e. The summed E-state index contributed by atoms with van der Waals surface area (Å²) < 4.78 is 6.20. The molecule has 3 aromatic heterocycles. The van der Waals surface area contributed by atoms with Gasteiger partial charge in [0.1, 0.15) is 11.5 Å². The van der Waals surface area contributed by atoms with Crippen LogP contribution in [0.1, 0.15) is 44.2 Å². The predicted octanol–water partition coefficient (Wildman–Crippen LogP) is 5.38. The number of carbonyl (C=O) groups is 2. The summed E-state index contributed by atoms with van der Waals surface area (Å²) in [4.78, 5) is 41.3. The number of aromatic nitrogens is 3. The number of amides is 1. The maximum absolute atomic E-state index is 12.5. The monoisotopic (exact) mass is 545 g/mol. The van der Waals surface area contributed by atoms with Gasteiger partial charge in [0.2, 0.25) is 11.8 Å². The smallest absolute Gasteiger partial charge is 0.237 e. The Morgan fingerprint density at radius 2 is 1.76 bits per heavy atom. The molecule has 0 aliphatic carbocycles. The maximum Gasteiger partial charge on any atom is 0.237 e. The van der Waals surface area contributed by atoms with Gasteiger partial charge in [0.05, 0.1) is 30.8 Å². The summed E-state index contributed by atoms with van der Waals surface area (Å²) in [5.41, 5.74) is 9.66. The van der Waals surface area contributed by atoms with Gasteiger partial charge < -0.3 is 14.2 Å². The minimum atomic E-state index is 0.0680. The van der Waals surface area contributed by atoms with Gasteiger partial charge in [-0.3, -0.25) is 19.6 Å². The van der Waals surface area contributed by atoms with Crippen LogP contribution >= 0.6 is 0 Å². The Bertz CT molecular complexity index is 1780. The molecule has 4 heterocycles. The Morgan fingerprint density at radius 1 is 1.00 bits per heavy atom. The molecule has 0 unspecified atom stereocenters. The number of likely N-dealkylation sites (N-methyl/N-ethyl adjacent to an activating group) is 1. The van der Waals surface area contributed by atoms with E-state index in [9.17, 15) is 9.59 Å². The van der Waals surface area contributed by atoms with Crippen LogP contribution in [0, 0.1) is 13.8 Å². The van der Waals surface area contributed by atoms with Crippen LogP contribution in [-0.4, -0.2) is 57.6 Å². The quantitative estimate of drug-likeness (QED) is 0.254. The van der Waals surface area contributed by atoms with Crippen LogP contribution in [0.5, 0.6) is 0 Å². The second-order valence-corrected chi connectivity index (χ2v) is 10.8. The molecule has 8 heteroatoms. The molecule has 1 aliphatic heterocycles. The van der Waals surface area contributed by atoms with E-state index in [4.69, 9.17) is 9.40 Å². The lowest BCUT2D eigenvalue weighted by atomic mass is 9.90. The number of aldehydes is 1. The Morgan fingerprint density at radius 3 is 2.51 bits per heavy atom. The van der Waals surface area contributed by atoms with E-state index in [1.807, 2.05) is 43.3 Å². The number of rotatable bonds is 7. The van der Waals surface area contributed by atoms with E-state index in [0.29, 0.717) is 37.5 Å². The first-order chi connectivity index (χ1) is 19.8. The Balaban J connectivity index is 1.30. The van der Waals surface area contributed by atoms with E-state index in [-0.39, 0.29) is 5.91 Å². The summed E-state index contributed by atoms with van der Waals surface area (Å²) in [6.07, 6.45) is 4.80. The van der Waals surface area contributed by atoms with Gasteiger partial charge in [-0.2, -0.15) is 0 Å². The molecule has 41 heavy (non-hydrogen) atoms. The highest BCUT2D eigenvalue weighted by Gasteiger charge is 2.29. The van der Waals surface area contributed by atoms with Crippen molar-refractivity contribution in [2.24, 2.45) is 0 Å². The molecule has 8 nitrogen and oxygen atoms in total. The SMILES string of the molecule is Cc1c(Cc2nccc3cc(C=O)cnc23)cccc1-c1cccc(-c2nc3c(o2)CN(C(=O)CN(C)C)C3)c1C. The number of pyridine rings is 2. The van der Waals surface area contributed by atoms with Gasteiger partial charge in [0.25, 0.3) is 0 Å². The summed E-state index contributed by atoms with van der Waals surface area (Å²) in [6.45, 7) is 5.52. The maximum atomic E-state index is 12.5. The molecule has 0 fully saturated rings. The lowest BCUT2D eigenvalue weighted by Crippen LogP contribution is -2.34. The molecule has 0 bridgehead atoms. The number of fused-ring (bicyclic) bond motifs is 2. The molecule has 206 valence electrons.